The molecule has 0 aliphatic heterocycles. The van der Waals surface area contributed by atoms with Gasteiger partial charge in [0.2, 0.25) is 0 Å². The molecule has 0 spiro atoms. The predicted molar refractivity (Wildman–Crippen MR) is 76.7 cm³/mol. The summed E-state index contributed by atoms with van der Waals surface area (Å²) in [7, 11) is 0. The number of non-ortho nitro benzene ring substituents is 1. The number of aromatic nitrogens is 2. The molecule has 0 saturated carbocycles. The minimum absolute atomic E-state index is 0.113. The summed E-state index contributed by atoms with van der Waals surface area (Å²) in [6.45, 7) is -0.113. The first-order chi connectivity index (χ1) is 10.5. The first kappa shape index (κ1) is 14.1. The lowest BCUT2D eigenvalue weighted by Crippen LogP contribution is -2.14. The van der Waals surface area contributed by atoms with Gasteiger partial charge in [-0.1, -0.05) is 0 Å². The summed E-state index contributed by atoms with van der Waals surface area (Å²) in [5.41, 5.74) is -0.263. The van der Waals surface area contributed by atoms with E-state index in [4.69, 9.17) is 4.74 Å². The van der Waals surface area contributed by atoms with Gasteiger partial charge in [-0.15, -0.1) is 11.3 Å². The molecule has 0 unspecified atom stereocenters. The van der Waals surface area contributed by atoms with Gasteiger partial charge in [0, 0.05) is 23.7 Å². The molecule has 1 aromatic carbocycles. The van der Waals surface area contributed by atoms with Crippen molar-refractivity contribution in [2.45, 2.75) is 6.61 Å². The van der Waals surface area contributed by atoms with Crippen LogP contribution in [0.2, 0.25) is 0 Å². The Hall–Kier alpha value is -2.81. The number of thiazole rings is 1. The summed E-state index contributed by atoms with van der Waals surface area (Å²) in [6.07, 6.45) is 1.61. The molecule has 0 aliphatic rings. The van der Waals surface area contributed by atoms with E-state index in [1.54, 1.807) is 11.6 Å². The van der Waals surface area contributed by atoms with Gasteiger partial charge in [0.1, 0.15) is 6.61 Å². The van der Waals surface area contributed by atoms with Gasteiger partial charge in [0.25, 0.3) is 11.2 Å². The molecule has 7 nitrogen and oxygen atoms in total. The molecule has 3 rings (SSSR count). The topological polar surface area (TPSA) is 86.7 Å². The second kappa shape index (κ2) is 5.53. The van der Waals surface area contributed by atoms with E-state index < -0.39 is 10.7 Å². The highest BCUT2D eigenvalue weighted by molar-refractivity contribution is 7.15. The minimum atomic E-state index is -0.844. The maximum Gasteiger partial charge on any atom is 0.272 e. The summed E-state index contributed by atoms with van der Waals surface area (Å²) in [4.78, 5) is 26.3. The van der Waals surface area contributed by atoms with Crippen molar-refractivity contribution in [1.82, 2.24) is 9.38 Å². The van der Waals surface area contributed by atoms with E-state index in [0.717, 1.165) is 12.1 Å². The Morgan fingerprint density at radius 2 is 2.23 bits per heavy atom. The van der Waals surface area contributed by atoms with Crippen molar-refractivity contribution in [2.24, 2.45) is 0 Å². The summed E-state index contributed by atoms with van der Waals surface area (Å²) in [5.74, 6) is -0.984. The molecule has 9 heteroatoms. The molecule has 3 aromatic rings. The van der Waals surface area contributed by atoms with Crippen LogP contribution < -0.4 is 10.3 Å². The fraction of sp³-hybridized carbons (Fsp3) is 0.0769. The minimum Gasteiger partial charge on any atom is -0.484 e. The maximum absolute atomic E-state index is 13.7. The number of benzene rings is 1. The van der Waals surface area contributed by atoms with Crippen molar-refractivity contribution >= 4 is 22.0 Å². The molecule has 22 heavy (non-hydrogen) atoms. The molecule has 0 bridgehead atoms. The molecule has 0 amide bonds. The van der Waals surface area contributed by atoms with E-state index in [-0.39, 0.29) is 23.6 Å². The van der Waals surface area contributed by atoms with Gasteiger partial charge in [-0.25, -0.2) is 9.37 Å². The number of halogens is 1. The van der Waals surface area contributed by atoms with Gasteiger partial charge >= 0.3 is 0 Å². The Balaban J connectivity index is 1.82. The van der Waals surface area contributed by atoms with Crippen LogP contribution in [-0.4, -0.2) is 14.3 Å². The Morgan fingerprint density at radius 3 is 2.95 bits per heavy atom. The van der Waals surface area contributed by atoms with Crippen LogP contribution in [0.5, 0.6) is 5.75 Å². The third kappa shape index (κ3) is 2.66. The van der Waals surface area contributed by atoms with Crippen LogP contribution in [0, 0.1) is 15.9 Å². The van der Waals surface area contributed by atoms with E-state index in [1.807, 2.05) is 0 Å². The van der Waals surface area contributed by atoms with Crippen LogP contribution in [-0.2, 0) is 6.61 Å². The molecule has 0 aliphatic carbocycles. The van der Waals surface area contributed by atoms with Crippen molar-refractivity contribution in [3.63, 3.8) is 0 Å². The molecular formula is C13H8FN3O4S. The summed E-state index contributed by atoms with van der Waals surface area (Å²) < 4.78 is 20.3. The average Bonchev–Trinajstić information content (AvgIpc) is 2.94. The van der Waals surface area contributed by atoms with Crippen LogP contribution in [0.15, 0.2) is 40.6 Å². The number of hydrogen-bond donors (Lipinski definition) is 0. The quantitative estimate of drug-likeness (QED) is 0.544. The number of hydrogen-bond acceptors (Lipinski definition) is 6. The summed E-state index contributed by atoms with van der Waals surface area (Å²) in [5, 5.41) is 12.3. The molecule has 0 saturated heterocycles. The zero-order chi connectivity index (χ0) is 15.7. The van der Waals surface area contributed by atoms with Gasteiger partial charge in [-0.05, 0) is 6.07 Å². The van der Waals surface area contributed by atoms with Gasteiger partial charge < -0.3 is 4.74 Å². The molecule has 0 radical (unpaired) electrons. The molecule has 112 valence electrons. The van der Waals surface area contributed by atoms with Crippen LogP contribution in [0.4, 0.5) is 10.1 Å². The van der Waals surface area contributed by atoms with Crippen LogP contribution >= 0.6 is 11.3 Å². The molecule has 0 fully saturated rings. The summed E-state index contributed by atoms with van der Waals surface area (Å²) in [6, 6.07) is 4.39. The van der Waals surface area contributed by atoms with E-state index in [9.17, 15) is 19.3 Å². The monoisotopic (exact) mass is 321 g/mol. The predicted octanol–water partition coefficient (Wildman–Crippen LogP) is 2.38. The number of nitrogens with zero attached hydrogens (tertiary/aromatic N) is 3. The van der Waals surface area contributed by atoms with Crippen molar-refractivity contribution in [3.8, 4) is 5.75 Å². The maximum atomic E-state index is 13.7. The first-order valence-electron chi connectivity index (χ1n) is 6.07. The molecule has 0 atom stereocenters. The van der Waals surface area contributed by atoms with E-state index in [2.05, 4.69) is 4.98 Å². The molecule has 0 N–H and O–H groups in total. The van der Waals surface area contributed by atoms with E-state index >= 15 is 0 Å². The Bertz CT molecular complexity index is 921. The largest absolute Gasteiger partial charge is 0.484 e. The second-order valence-corrected chi connectivity index (χ2v) is 5.17. The van der Waals surface area contributed by atoms with Gasteiger partial charge in [-0.2, -0.15) is 0 Å². The number of ether oxygens (including phenoxy) is 1. The smallest absolute Gasteiger partial charge is 0.272 e. The normalized spacial score (nSPS) is 10.8. The zero-order valence-electron chi connectivity index (χ0n) is 10.9. The lowest BCUT2D eigenvalue weighted by atomic mass is 10.3. The Labute approximate surface area is 126 Å². The van der Waals surface area contributed by atoms with Crippen molar-refractivity contribution < 1.29 is 14.1 Å². The fourth-order valence-corrected chi connectivity index (χ4v) is 2.57. The number of nitro benzene ring substituents is 1. The van der Waals surface area contributed by atoms with Crippen LogP contribution in [0.25, 0.3) is 4.96 Å². The molecular weight excluding hydrogens is 313 g/mol. The number of fused-ring (bicyclic) bond motifs is 1. The fourth-order valence-electron chi connectivity index (χ4n) is 1.83. The Morgan fingerprint density at radius 1 is 1.41 bits per heavy atom. The SMILES string of the molecule is O=c1cc(COc2ccc([N+](=O)[O-])cc2F)nc2sccn12. The highest BCUT2D eigenvalue weighted by atomic mass is 32.1. The molecule has 2 aromatic heterocycles. The van der Waals surface area contributed by atoms with E-state index in [1.165, 1.54) is 27.9 Å². The van der Waals surface area contributed by atoms with Crippen molar-refractivity contribution in [3.05, 3.63) is 67.8 Å². The lowest BCUT2D eigenvalue weighted by molar-refractivity contribution is -0.385. The summed E-state index contributed by atoms with van der Waals surface area (Å²) >= 11 is 1.29. The van der Waals surface area contributed by atoms with Gasteiger partial charge in [-0.3, -0.25) is 19.3 Å². The average molecular weight is 321 g/mol. The molecule has 2 heterocycles. The van der Waals surface area contributed by atoms with Gasteiger partial charge in [0.15, 0.2) is 16.5 Å². The van der Waals surface area contributed by atoms with E-state index in [0.29, 0.717) is 10.7 Å². The Kier molecular flexibility index (Phi) is 3.55. The number of rotatable bonds is 4. The number of nitro groups is 1. The van der Waals surface area contributed by atoms with Gasteiger partial charge in [0.05, 0.1) is 16.7 Å². The third-order valence-corrected chi connectivity index (χ3v) is 3.61. The highest BCUT2D eigenvalue weighted by Gasteiger charge is 2.12. The lowest BCUT2D eigenvalue weighted by Gasteiger charge is -2.06. The second-order valence-electron chi connectivity index (χ2n) is 4.30. The van der Waals surface area contributed by atoms with Crippen molar-refractivity contribution in [2.75, 3.05) is 0 Å². The van der Waals surface area contributed by atoms with Crippen LogP contribution in [0.3, 0.4) is 0 Å². The standard InChI is InChI=1S/C13H8FN3O4S/c14-10-6-9(17(19)20)1-2-11(10)21-7-8-5-12(18)16-3-4-22-13(16)15-8/h1-6H,7H2. The highest BCUT2D eigenvalue weighted by Crippen LogP contribution is 2.23. The third-order valence-electron chi connectivity index (χ3n) is 2.86. The first-order valence-corrected chi connectivity index (χ1v) is 6.95. The van der Waals surface area contributed by atoms with Crippen LogP contribution in [0.1, 0.15) is 5.69 Å². The zero-order valence-corrected chi connectivity index (χ0v) is 11.7. The van der Waals surface area contributed by atoms with Crippen molar-refractivity contribution in [1.29, 1.82) is 0 Å².